The summed E-state index contributed by atoms with van der Waals surface area (Å²) in [5.41, 5.74) is 0.605. The molecule has 0 atom stereocenters. The summed E-state index contributed by atoms with van der Waals surface area (Å²) in [6.45, 7) is 1.36. The van der Waals surface area contributed by atoms with Crippen molar-refractivity contribution in [1.29, 1.82) is 0 Å². The lowest BCUT2D eigenvalue weighted by Gasteiger charge is -2.14. The van der Waals surface area contributed by atoms with E-state index in [-0.39, 0.29) is 5.91 Å². The summed E-state index contributed by atoms with van der Waals surface area (Å²) < 4.78 is 2.11. The largest absolute Gasteiger partial charge is 0.345 e. The Kier molecular flexibility index (Phi) is 3.22. The fraction of sp³-hybridized carbons (Fsp3) is 0.385. The van der Waals surface area contributed by atoms with Gasteiger partial charge in [0.1, 0.15) is 5.82 Å². The molecular formula is C13H15N5O. The number of carbonyl (C=O) groups is 1. The van der Waals surface area contributed by atoms with Crippen LogP contribution in [-0.4, -0.2) is 25.7 Å². The molecule has 3 rings (SSSR count). The number of rotatable bonds is 3. The third kappa shape index (κ3) is 2.47. The zero-order valence-corrected chi connectivity index (χ0v) is 10.5. The van der Waals surface area contributed by atoms with Crippen LogP contribution >= 0.6 is 0 Å². The van der Waals surface area contributed by atoms with Gasteiger partial charge >= 0.3 is 0 Å². The van der Waals surface area contributed by atoms with Crippen LogP contribution in [0.2, 0.25) is 0 Å². The first-order chi connectivity index (χ1) is 9.34. The maximum absolute atomic E-state index is 11.9. The molecule has 0 radical (unpaired) electrons. The van der Waals surface area contributed by atoms with Gasteiger partial charge in [-0.3, -0.25) is 9.78 Å². The first-order valence-electron chi connectivity index (χ1n) is 6.44. The van der Waals surface area contributed by atoms with Crippen LogP contribution in [0, 0.1) is 0 Å². The lowest BCUT2D eigenvalue weighted by atomic mass is 10.2. The molecule has 2 aromatic heterocycles. The van der Waals surface area contributed by atoms with Gasteiger partial charge in [0.15, 0.2) is 5.82 Å². The molecule has 0 spiro atoms. The van der Waals surface area contributed by atoms with Gasteiger partial charge in [-0.05, 0) is 25.0 Å². The third-order valence-electron chi connectivity index (χ3n) is 3.29. The molecule has 6 heteroatoms. The van der Waals surface area contributed by atoms with Crippen molar-refractivity contribution in [2.45, 2.75) is 32.4 Å². The van der Waals surface area contributed by atoms with Gasteiger partial charge in [0.2, 0.25) is 0 Å². The number of aromatic nitrogens is 4. The van der Waals surface area contributed by atoms with Crippen molar-refractivity contribution in [2.24, 2.45) is 0 Å². The molecule has 1 amide bonds. The fourth-order valence-electron chi connectivity index (χ4n) is 2.26. The number of hydrogen-bond donors (Lipinski definition) is 1. The minimum Gasteiger partial charge on any atom is -0.345 e. The van der Waals surface area contributed by atoms with Gasteiger partial charge in [0.25, 0.3) is 5.91 Å². The number of hydrogen-bond acceptors (Lipinski definition) is 4. The van der Waals surface area contributed by atoms with Crippen molar-refractivity contribution < 1.29 is 4.79 Å². The number of aryl methyl sites for hydroxylation is 1. The van der Waals surface area contributed by atoms with E-state index in [4.69, 9.17) is 0 Å². The van der Waals surface area contributed by atoms with Gasteiger partial charge in [0, 0.05) is 30.9 Å². The van der Waals surface area contributed by atoms with Crippen LogP contribution in [0.15, 0.2) is 24.5 Å². The first kappa shape index (κ1) is 11.8. The number of pyridine rings is 1. The molecule has 19 heavy (non-hydrogen) atoms. The zero-order valence-electron chi connectivity index (χ0n) is 10.5. The van der Waals surface area contributed by atoms with E-state index in [9.17, 15) is 4.79 Å². The molecule has 0 unspecified atom stereocenters. The number of amides is 1. The molecule has 0 aliphatic carbocycles. The second kappa shape index (κ2) is 5.17. The van der Waals surface area contributed by atoms with Gasteiger partial charge in [0.05, 0.1) is 6.54 Å². The zero-order chi connectivity index (χ0) is 13.1. The molecule has 2 aromatic rings. The molecular weight excluding hydrogens is 242 g/mol. The van der Waals surface area contributed by atoms with Crippen LogP contribution < -0.4 is 5.32 Å². The van der Waals surface area contributed by atoms with Gasteiger partial charge < -0.3 is 9.88 Å². The van der Waals surface area contributed by atoms with Crippen molar-refractivity contribution >= 4 is 5.91 Å². The third-order valence-corrected chi connectivity index (χ3v) is 3.29. The minimum atomic E-state index is -0.115. The fourth-order valence-corrected chi connectivity index (χ4v) is 2.26. The Hall–Kier alpha value is -2.24. The Bertz CT molecular complexity index is 578. The summed E-state index contributed by atoms with van der Waals surface area (Å²) in [5.74, 6) is 1.74. The van der Waals surface area contributed by atoms with Crippen LogP contribution in [0.5, 0.6) is 0 Å². The molecule has 98 valence electrons. The molecule has 1 N–H and O–H groups in total. The standard InChI is InChI=1S/C13H15N5O/c19-13(10-4-6-14-7-5-10)15-9-12-17-16-11-3-1-2-8-18(11)12/h4-7H,1-3,8-9H2,(H,15,19). The molecule has 1 aliphatic heterocycles. The summed E-state index contributed by atoms with van der Waals surface area (Å²) >= 11 is 0. The highest BCUT2D eigenvalue weighted by molar-refractivity contribution is 5.93. The van der Waals surface area contributed by atoms with Crippen molar-refractivity contribution in [1.82, 2.24) is 25.1 Å². The Balaban J connectivity index is 1.67. The quantitative estimate of drug-likeness (QED) is 0.888. The van der Waals surface area contributed by atoms with Crippen LogP contribution in [0.4, 0.5) is 0 Å². The molecule has 6 nitrogen and oxygen atoms in total. The van der Waals surface area contributed by atoms with Gasteiger partial charge in [-0.1, -0.05) is 0 Å². The summed E-state index contributed by atoms with van der Waals surface area (Å²) in [6.07, 6.45) is 6.50. The average molecular weight is 257 g/mol. The summed E-state index contributed by atoms with van der Waals surface area (Å²) in [6, 6.07) is 3.38. The van der Waals surface area contributed by atoms with E-state index in [1.54, 1.807) is 24.5 Å². The SMILES string of the molecule is O=C(NCc1nnc2n1CCCC2)c1ccncc1. The highest BCUT2D eigenvalue weighted by atomic mass is 16.1. The van der Waals surface area contributed by atoms with Crippen molar-refractivity contribution in [2.75, 3.05) is 0 Å². The van der Waals surface area contributed by atoms with Crippen molar-refractivity contribution in [3.63, 3.8) is 0 Å². The van der Waals surface area contributed by atoms with Crippen molar-refractivity contribution in [3.8, 4) is 0 Å². The molecule has 0 bridgehead atoms. The first-order valence-corrected chi connectivity index (χ1v) is 6.44. The van der Waals surface area contributed by atoms with Crippen LogP contribution in [-0.2, 0) is 19.5 Å². The topological polar surface area (TPSA) is 72.7 Å². The average Bonchev–Trinajstić information content (AvgIpc) is 2.89. The maximum Gasteiger partial charge on any atom is 0.251 e. The van der Waals surface area contributed by atoms with Crippen molar-refractivity contribution in [3.05, 3.63) is 41.7 Å². The summed E-state index contributed by atoms with van der Waals surface area (Å²) in [5, 5.41) is 11.2. The molecule has 1 aliphatic rings. The van der Waals surface area contributed by atoms with Gasteiger partial charge in [-0.15, -0.1) is 10.2 Å². The normalized spacial score (nSPS) is 13.9. The van der Waals surface area contributed by atoms with E-state index < -0.39 is 0 Å². The molecule has 0 saturated heterocycles. The Morgan fingerprint density at radius 1 is 1.26 bits per heavy atom. The number of nitrogens with one attached hydrogen (secondary N) is 1. The van der Waals surface area contributed by atoms with E-state index in [1.807, 2.05) is 0 Å². The minimum absolute atomic E-state index is 0.115. The molecule has 0 fully saturated rings. The van der Waals surface area contributed by atoms with Gasteiger partial charge in [-0.2, -0.15) is 0 Å². The van der Waals surface area contributed by atoms with Crippen LogP contribution in [0.3, 0.4) is 0 Å². The lowest BCUT2D eigenvalue weighted by molar-refractivity contribution is 0.0949. The number of fused-ring (bicyclic) bond motifs is 1. The van der Waals surface area contributed by atoms with E-state index in [0.29, 0.717) is 12.1 Å². The number of nitrogens with zero attached hydrogens (tertiary/aromatic N) is 4. The lowest BCUT2D eigenvalue weighted by Crippen LogP contribution is -2.25. The predicted molar refractivity (Wildman–Crippen MR) is 68.4 cm³/mol. The molecule has 3 heterocycles. The Morgan fingerprint density at radius 3 is 2.95 bits per heavy atom. The number of carbonyl (C=O) groups excluding carboxylic acids is 1. The highest BCUT2D eigenvalue weighted by Gasteiger charge is 2.16. The van der Waals surface area contributed by atoms with E-state index >= 15 is 0 Å². The van der Waals surface area contributed by atoms with E-state index in [2.05, 4.69) is 25.1 Å². The van der Waals surface area contributed by atoms with Gasteiger partial charge in [-0.25, -0.2) is 0 Å². The Morgan fingerprint density at radius 2 is 2.11 bits per heavy atom. The van der Waals surface area contributed by atoms with E-state index in [0.717, 1.165) is 31.0 Å². The smallest absolute Gasteiger partial charge is 0.251 e. The second-order valence-electron chi connectivity index (χ2n) is 4.56. The maximum atomic E-state index is 11.9. The predicted octanol–water partition coefficient (Wildman–Crippen LogP) is 0.939. The van der Waals surface area contributed by atoms with Crippen LogP contribution in [0.25, 0.3) is 0 Å². The second-order valence-corrected chi connectivity index (χ2v) is 4.56. The summed E-state index contributed by atoms with van der Waals surface area (Å²) in [7, 11) is 0. The monoisotopic (exact) mass is 257 g/mol. The van der Waals surface area contributed by atoms with E-state index in [1.165, 1.54) is 6.42 Å². The van der Waals surface area contributed by atoms with Crippen LogP contribution in [0.1, 0.15) is 34.8 Å². The molecule has 0 aromatic carbocycles. The summed E-state index contributed by atoms with van der Waals surface area (Å²) in [4.78, 5) is 15.8. The highest BCUT2D eigenvalue weighted by Crippen LogP contribution is 2.14. The molecule has 0 saturated carbocycles. The Labute approximate surface area is 110 Å².